The summed E-state index contributed by atoms with van der Waals surface area (Å²) in [4.78, 5) is 13.2. The summed E-state index contributed by atoms with van der Waals surface area (Å²) in [6.45, 7) is 4.59. The summed E-state index contributed by atoms with van der Waals surface area (Å²) in [5.41, 5.74) is 6.53. The van der Waals surface area contributed by atoms with Crippen LogP contribution in [-0.2, 0) is 0 Å². The Labute approximate surface area is 129 Å². The number of anilines is 1. The average Bonchev–Trinajstić information content (AvgIpc) is 2.86. The first kappa shape index (κ1) is 14.4. The zero-order chi connectivity index (χ0) is 15.0. The summed E-state index contributed by atoms with van der Waals surface area (Å²) in [6, 6.07) is 8.05. The van der Waals surface area contributed by atoms with E-state index in [0.717, 1.165) is 39.4 Å². The van der Waals surface area contributed by atoms with Gasteiger partial charge in [-0.15, -0.1) is 11.3 Å². The van der Waals surface area contributed by atoms with Crippen molar-refractivity contribution in [3.05, 3.63) is 29.1 Å². The Balaban J connectivity index is 1.72. The van der Waals surface area contributed by atoms with Gasteiger partial charge in [-0.3, -0.25) is 4.79 Å². The van der Waals surface area contributed by atoms with Gasteiger partial charge in [0.05, 0.1) is 4.88 Å². The largest absolute Gasteiger partial charge is 0.399 e. The van der Waals surface area contributed by atoms with E-state index in [2.05, 4.69) is 19.2 Å². The van der Waals surface area contributed by atoms with Crippen molar-refractivity contribution in [1.29, 1.82) is 0 Å². The number of nitrogens with two attached hydrogens (primary N) is 1. The molecule has 3 N–H and O–H groups in total. The summed E-state index contributed by atoms with van der Waals surface area (Å²) in [5.74, 6) is 1.51. The molecular formula is C17H22N2OS. The van der Waals surface area contributed by atoms with Crippen LogP contribution < -0.4 is 11.1 Å². The molecule has 1 aliphatic carbocycles. The SMILES string of the molecule is CC1CCC(NC(=O)c2cc3cc(N)ccc3s2)CC1C. The first-order valence-electron chi connectivity index (χ1n) is 7.63. The van der Waals surface area contributed by atoms with E-state index in [9.17, 15) is 4.79 Å². The molecule has 3 rings (SSSR count). The molecule has 3 unspecified atom stereocenters. The minimum Gasteiger partial charge on any atom is -0.399 e. The lowest BCUT2D eigenvalue weighted by Gasteiger charge is -2.32. The second-order valence-electron chi connectivity index (χ2n) is 6.35. The van der Waals surface area contributed by atoms with Crippen LogP contribution in [0.3, 0.4) is 0 Å². The van der Waals surface area contributed by atoms with Gasteiger partial charge in [-0.05, 0) is 60.7 Å². The highest BCUT2D eigenvalue weighted by molar-refractivity contribution is 7.20. The molecule has 1 aromatic carbocycles. The Morgan fingerprint density at radius 3 is 2.81 bits per heavy atom. The third kappa shape index (κ3) is 3.05. The predicted molar refractivity (Wildman–Crippen MR) is 89.7 cm³/mol. The Hall–Kier alpha value is -1.55. The molecule has 1 fully saturated rings. The minimum absolute atomic E-state index is 0.0570. The average molecular weight is 302 g/mol. The normalized spacial score (nSPS) is 25.9. The fraction of sp³-hybridized carbons (Fsp3) is 0.471. The van der Waals surface area contributed by atoms with E-state index >= 15 is 0 Å². The number of nitrogens with one attached hydrogen (secondary N) is 1. The summed E-state index contributed by atoms with van der Waals surface area (Å²) in [6.07, 6.45) is 3.38. The van der Waals surface area contributed by atoms with Gasteiger partial charge < -0.3 is 11.1 Å². The Kier molecular flexibility index (Phi) is 3.89. The van der Waals surface area contributed by atoms with E-state index in [1.165, 1.54) is 17.8 Å². The van der Waals surface area contributed by atoms with Gasteiger partial charge in [0.2, 0.25) is 0 Å². The van der Waals surface area contributed by atoms with Crippen LogP contribution in [0.4, 0.5) is 5.69 Å². The van der Waals surface area contributed by atoms with Crippen molar-refractivity contribution in [3.63, 3.8) is 0 Å². The smallest absolute Gasteiger partial charge is 0.261 e. The number of rotatable bonds is 2. The second-order valence-corrected chi connectivity index (χ2v) is 7.43. The van der Waals surface area contributed by atoms with Crippen molar-refractivity contribution in [2.75, 3.05) is 5.73 Å². The number of fused-ring (bicyclic) bond motifs is 1. The predicted octanol–water partition coefficient (Wildman–Crippen LogP) is 4.04. The van der Waals surface area contributed by atoms with Crippen LogP contribution in [0.5, 0.6) is 0 Å². The number of benzene rings is 1. The number of carbonyl (C=O) groups is 1. The number of amides is 1. The van der Waals surface area contributed by atoms with E-state index in [1.54, 1.807) is 0 Å². The lowest BCUT2D eigenvalue weighted by Crippen LogP contribution is -2.39. The molecule has 0 spiro atoms. The van der Waals surface area contributed by atoms with Crippen molar-refractivity contribution in [3.8, 4) is 0 Å². The Morgan fingerprint density at radius 1 is 1.24 bits per heavy atom. The van der Waals surface area contributed by atoms with E-state index < -0.39 is 0 Å². The molecule has 1 heterocycles. The lowest BCUT2D eigenvalue weighted by atomic mass is 9.79. The Bertz CT molecular complexity index is 664. The molecule has 0 saturated heterocycles. The molecule has 3 nitrogen and oxygen atoms in total. The summed E-state index contributed by atoms with van der Waals surface area (Å²) >= 11 is 1.54. The van der Waals surface area contributed by atoms with Crippen molar-refractivity contribution < 1.29 is 4.79 Å². The summed E-state index contributed by atoms with van der Waals surface area (Å²) < 4.78 is 1.11. The molecule has 1 aromatic heterocycles. The highest BCUT2D eigenvalue weighted by Crippen LogP contribution is 2.31. The van der Waals surface area contributed by atoms with Gasteiger partial charge in [-0.2, -0.15) is 0 Å². The third-order valence-corrected chi connectivity index (χ3v) is 5.81. The first-order valence-corrected chi connectivity index (χ1v) is 8.44. The zero-order valence-corrected chi connectivity index (χ0v) is 13.4. The zero-order valence-electron chi connectivity index (χ0n) is 12.6. The highest BCUT2D eigenvalue weighted by atomic mass is 32.1. The molecule has 112 valence electrons. The Morgan fingerprint density at radius 2 is 2.05 bits per heavy atom. The fourth-order valence-corrected chi connectivity index (χ4v) is 4.06. The topological polar surface area (TPSA) is 55.1 Å². The van der Waals surface area contributed by atoms with Gasteiger partial charge >= 0.3 is 0 Å². The maximum absolute atomic E-state index is 12.4. The number of hydrogen-bond acceptors (Lipinski definition) is 3. The molecule has 0 bridgehead atoms. The van der Waals surface area contributed by atoms with Crippen molar-refractivity contribution in [1.82, 2.24) is 5.32 Å². The van der Waals surface area contributed by atoms with E-state index in [4.69, 9.17) is 5.73 Å². The minimum atomic E-state index is 0.0570. The number of carbonyl (C=O) groups excluding carboxylic acids is 1. The molecule has 21 heavy (non-hydrogen) atoms. The van der Waals surface area contributed by atoms with E-state index in [0.29, 0.717) is 12.0 Å². The third-order valence-electron chi connectivity index (χ3n) is 4.70. The van der Waals surface area contributed by atoms with Crippen LogP contribution in [0.15, 0.2) is 24.3 Å². The van der Waals surface area contributed by atoms with E-state index in [1.807, 2.05) is 24.3 Å². The van der Waals surface area contributed by atoms with Gasteiger partial charge in [0.1, 0.15) is 0 Å². The molecular weight excluding hydrogens is 280 g/mol. The van der Waals surface area contributed by atoms with Crippen LogP contribution in [-0.4, -0.2) is 11.9 Å². The van der Waals surface area contributed by atoms with Gasteiger partial charge in [0.25, 0.3) is 5.91 Å². The van der Waals surface area contributed by atoms with Gasteiger partial charge in [-0.25, -0.2) is 0 Å². The van der Waals surface area contributed by atoms with Crippen LogP contribution in [0.2, 0.25) is 0 Å². The molecule has 0 radical (unpaired) electrons. The van der Waals surface area contributed by atoms with Gasteiger partial charge in [-0.1, -0.05) is 13.8 Å². The molecule has 0 aliphatic heterocycles. The molecule has 1 saturated carbocycles. The van der Waals surface area contributed by atoms with Gasteiger partial charge in [0, 0.05) is 16.4 Å². The summed E-state index contributed by atoms with van der Waals surface area (Å²) in [5, 5.41) is 4.25. The van der Waals surface area contributed by atoms with Crippen molar-refractivity contribution in [2.45, 2.75) is 39.2 Å². The van der Waals surface area contributed by atoms with Crippen LogP contribution >= 0.6 is 11.3 Å². The van der Waals surface area contributed by atoms with Gasteiger partial charge in [0.15, 0.2) is 0 Å². The number of hydrogen-bond donors (Lipinski definition) is 2. The van der Waals surface area contributed by atoms with Crippen LogP contribution in [0.25, 0.3) is 10.1 Å². The van der Waals surface area contributed by atoms with Crippen LogP contribution in [0, 0.1) is 11.8 Å². The van der Waals surface area contributed by atoms with Crippen molar-refractivity contribution in [2.24, 2.45) is 11.8 Å². The maximum Gasteiger partial charge on any atom is 0.261 e. The highest BCUT2D eigenvalue weighted by Gasteiger charge is 2.26. The molecule has 3 atom stereocenters. The standard InChI is InChI=1S/C17H22N2OS/c1-10-3-5-14(7-11(10)2)19-17(20)16-9-12-8-13(18)4-6-15(12)21-16/h4,6,8-11,14H,3,5,7,18H2,1-2H3,(H,19,20). The number of nitrogen functional groups attached to an aromatic ring is 1. The molecule has 1 amide bonds. The molecule has 2 aromatic rings. The maximum atomic E-state index is 12.4. The number of thiophene rings is 1. The molecule has 4 heteroatoms. The van der Waals surface area contributed by atoms with Crippen LogP contribution in [0.1, 0.15) is 42.8 Å². The van der Waals surface area contributed by atoms with Crippen molar-refractivity contribution >= 4 is 33.0 Å². The first-order chi connectivity index (χ1) is 10.0. The van der Waals surface area contributed by atoms with E-state index in [-0.39, 0.29) is 5.91 Å². The monoisotopic (exact) mass is 302 g/mol. The lowest BCUT2D eigenvalue weighted by molar-refractivity contribution is 0.0915. The molecule has 1 aliphatic rings. The quantitative estimate of drug-likeness (QED) is 0.823. The summed E-state index contributed by atoms with van der Waals surface area (Å²) in [7, 11) is 0. The fourth-order valence-electron chi connectivity index (χ4n) is 3.11. The second kappa shape index (κ2) is 5.68.